The molecule has 0 fully saturated rings. The van der Waals surface area contributed by atoms with Gasteiger partial charge >= 0.3 is 0 Å². The Balaban J connectivity index is 2.66. The molecule has 2 N–H and O–H groups in total. The first-order valence-corrected chi connectivity index (χ1v) is 5.31. The van der Waals surface area contributed by atoms with Crippen LogP contribution in [0.4, 0.5) is 0 Å². The van der Waals surface area contributed by atoms with Gasteiger partial charge < -0.3 is 10.2 Å². The van der Waals surface area contributed by atoms with Crippen LogP contribution in [0.1, 0.15) is 0 Å². The minimum absolute atomic E-state index is 0.0435. The second kappa shape index (κ2) is 4.24. The topological polar surface area (TPSA) is 40.5 Å². The van der Waals surface area contributed by atoms with Crippen molar-refractivity contribution in [1.29, 1.82) is 0 Å². The molecule has 0 aromatic heterocycles. The van der Waals surface area contributed by atoms with Gasteiger partial charge in [-0.15, -0.1) is 0 Å². The van der Waals surface area contributed by atoms with Gasteiger partial charge in [0, 0.05) is 21.2 Å². The summed E-state index contributed by atoms with van der Waals surface area (Å²) in [6, 6.07) is 9.23. The number of phenols is 2. The lowest BCUT2D eigenvalue weighted by molar-refractivity contribution is 0.469. The van der Waals surface area contributed by atoms with Crippen LogP contribution in [0.15, 0.2) is 36.4 Å². The van der Waals surface area contributed by atoms with E-state index < -0.39 is 0 Å². The zero-order valence-electron chi connectivity index (χ0n) is 8.11. The molecule has 0 unspecified atom stereocenters. The zero-order chi connectivity index (χ0) is 11.7. The number of phenolic OH excluding ortho intramolecular Hbond substituents is 2. The molecule has 2 nitrogen and oxygen atoms in total. The first-order valence-electron chi connectivity index (χ1n) is 4.55. The van der Waals surface area contributed by atoms with Crippen LogP contribution in [0.2, 0.25) is 10.0 Å². The Bertz CT molecular complexity index is 489. The molecule has 0 aliphatic rings. The average molecular weight is 255 g/mol. The van der Waals surface area contributed by atoms with E-state index in [0.29, 0.717) is 21.2 Å². The van der Waals surface area contributed by atoms with Gasteiger partial charge in [-0.3, -0.25) is 0 Å². The molecule has 4 heteroatoms. The van der Waals surface area contributed by atoms with Gasteiger partial charge in [-0.2, -0.15) is 0 Å². The molecule has 0 saturated carbocycles. The molecular formula is C12H8Cl2O2. The zero-order valence-corrected chi connectivity index (χ0v) is 9.63. The maximum Gasteiger partial charge on any atom is 0.123 e. The summed E-state index contributed by atoms with van der Waals surface area (Å²) in [5, 5.41) is 20.3. The highest BCUT2D eigenvalue weighted by atomic mass is 35.5. The van der Waals surface area contributed by atoms with Crippen molar-refractivity contribution in [1.82, 2.24) is 0 Å². The largest absolute Gasteiger partial charge is 0.507 e. The van der Waals surface area contributed by atoms with Crippen LogP contribution in [0.25, 0.3) is 11.1 Å². The van der Waals surface area contributed by atoms with Crippen molar-refractivity contribution in [3.63, 3.8) is 0 Å². The highest BCUT2D eigenvalue weighted by Crippen LogP contribution is 2.38. The number of hydrogen-bond donors (Lipinski definition) is 2. The maximum atomic E-state index is 9.69. The summed E-state index contributed by atoms with van der Waals surface area (Å²) in [5.74, 6) is 0.0870. The maximum absolute atomic E-state index is 9.69. The van der Waals surface area contributed by atoms with Crippen LogP contribution in [0.3, 0.4) is 0 Å². The van der Waals surface area contributed by atoms with Gasteiger partial charge in [0.2, 0.25) is 0 Å². The van der Waals surface area contributed by atoms with Crippen molar-refractivity contribution < 1.29 is 10.2 Å². The lowest BCUT2D eigenvalue weighted by Gasteiger charge is -2.08. The molecule has 0 heterocycles. The van der Waals surface area contributed by atoms with Gasteiger partial charge in [0.15, 0.2) is 0 Å². The van der Waals surface area contributed by atoms with Gasteiger partial charge in [-0.25, -0.2) is 0 Å². The Labute approximate surface area is 103 Å². The van der Waals surface area contributed by atoms with Gasteiger partial charge in [0.1, 0.15) is 11.5 Å². The number of benzene rings is 2. The smallest absolute Gasteiger partial charge is 0.123 e. The molecular weight excluding hydrogens is 247 g/mol. The highest BCUT2D eigenvalue weighted by Gasteiger charge is 2.10. The fourth-order valence-electron chi connectivity index (χ4n) is 1.45. The molecule has 0 bridgehead atoms. The second-order valence-corrected chi connectivity index (χ2v) is 4.20. The number of halogens is 2. The third-order valence-corrected chi connectivity index (χ3v) is 2.68. The van der Waals surface area contributed by atoms with Crippen molar-refractivity contribution >= 4 is 23.2 Å². The molecule has 0 atom stereocenters. The van der Waals surface area contributed by atoms with E-state index in [4.69, 9.17) is 23.2 Å². The SMILES string of the molecule is Oc1ccc(Cl)cc1-c1cc(Cl)ccc1O. The highest BCUT2D eigenvalue weighted by molar-refractivity contribution is 6.31. The minimum atomic E-state index is 0.0435. The summed E-state index contributed by atoms with van der Waals surface area (Å²) in [7, 11) is 0. The Morgan fingerprint density at radius 3 is 1.44 bits per heavy atom. The molecule has 0 aliphatic carbocycles. The molecule has 0 aliphatic heterocycles. The summed E-state index contributed by atoms with van der Waals surface area (Å²) in [6.07, 6.45) is 0. The molecule has 2 aromatic carbocycles. The fourth-order valence-corrected chi connectivity index (χ4v) is 1.79. The summed E-state index contributed by atoms with van der Waals surface area (Å²) in [5.41, 5.74) is 0.903. The van der Waals surface area contributed by atoms with Gasteiger partial charge in [-0.1, -0.05) is 23.2 Å². The van der Waals surface area contributed by atoms with Crippen LogP contribution >= 0.6 is 23.2 Å². The third kappa shape index (κ3) is 2.08. The summed E-state index contributed by atoms with van der Waals surface area (Å²) >= 11 is 11.7. The normalized spacial score (nSPS) is 10.4. The van der Waals surface area contributed by atoms with E-state index in [1.807, 2.05) is 0 Å². The Hall–Kier alpha value is -1.38. The summed E-state index contributed by atoms with van der Waals surface area (Å²) < 4.78 is 0. The van der Waals surface area contributed by atoms with Crippen LogP contribution in [0, 0.1) is 0 Å². The van der Waals surface area contributed by atoms with Crippen LogP contribution in [-0.2, 0) is 0 Å². The lowest BCUT2D eigenvalue weighted by atomic mass is 10.0. The van der Waals surface area contributed by atoms with E-state index in [0.717, 1.165) is 0 Å². The third-order valence-electron chi connectivity index (χ3n) is 2.21. The second-order valence-electron chi connectivity index (χ2n) is 3.32. The van der Waals surface area contributed by atoms with E-state index in [9.17, 15) is 10.2 Å². The Morgan fingerprint density at radius 1 is 0.688 bits per heavy atom. The van der Waals surface area contributed by atoms with Crippen molar-refractivity contribution in [2.45, 2.75) is 0 Å². The molecule has 0 amide bonds. The first kappa shape index (κ1) is 11.1. The van der Waals surface area contributed by atoms with Crippen LogP contribution < -0.4 is 0 Å². The molecule has 2 aromatic rings. The van der Waals surface area contributed by atoms with E-state index in [1.54, 1.807) is 24.3 Å². The van der Waals surface area contributed by atoms with E-state index in [1.165, 1.54) is 12.1 Å². The van der Waals surface area contributed by atoms with Gasteiger partial charge in [-0.05, 0) is 36.4 Å². The van der Waals surface area contributed by atoms with E-state index >= 15 is 0 Å². The number of aromatic hydroxyl groups is 2. The standard InChI is InChI=1S/C12H8Cl2O2/c13-7-1-3-11(15)9(5-7)10-6-8(14)2-4-12(10)16/h1-6,15-16H. The molecule has 0 spiro atoms. The van der Waals surface area contributed by atoms with Crippen molar-refractivity contribution in [2.24, 2.45) is 0 Å². The minimum Gasteiger partial charge on any atom is -0.507 e. The molecule has 0 saturated heterocycles. The predicted octanol–water partition coefficient (Wildman–Crippen LogP) is 4.07. The number of hydrogen-bond acceptors (Lipinski definition) is 2. The quantitative estimate of drug-likeness (QED) is 0.806. The molecule has 82 valence electrons. The lowest BCUT2D eigenvalue weighted by Crippen LogP contribution is -1.81. The van der Waals surface area contributed by atoms with E-state index in [2.05, 4.69) is 0 Å². The van der Waals surface area contributed by atoms with Crippen LogP contribution in [0.5, 0.6) is 11.5 Å². The Kier molecular flexibility index (Phi) is 2.95. The molecule has 0 radical (unpaired) electrons. The number of rotatable bonds is 1. The van der Waals surface area contributed by atoms with Crippen molar-refractivity contribution in [3.8, 4) is 22.6 Å². The fraction of sp³-hybridized carbons (Fsp3) is 0. The monoisotopic (exact) mass is 254 g/mol. The van der Waals surface area contributed by atoms with Gasteiger partial charge in [0.25, 0.3) is 0 Å². The Morgan fingerprint density at radius 2 is 1.06 bits per heavy atom. The van der Waals surface area contributed by atoms with Crippen LogP contribution in [-0.4, -0.2) is 10.2 Å². The predicted molar refractivity (Wildman–Crippen MR) is 65.2 cm³/mol. The average Bonchev–Trinajstić information content (AvgIpc) is 2.25. The molecule has 2 rings (SSSR count). The summed E-state index contributed by atoms with van der Waals surface area (Å²) in [6.45, 7) is 0. The van der Waals surface area contributed by atoms with Gasteiger partial charge in [0.05, 0.1) is 0 Å². The summed E-state index contributed by atoms with van der Waals surface area (Å²) in [4.78, 5) is 0. The molecule has 16 heavy (non-hydrogen) atoms. The van der Waals surface area contributed by atoms with E-state index in [-0.39, 0.29) is 11.5 Å². The van der Waals surface area contributed by atoms with Crippen molar-refractivity contribution in [2.75, 3.05) is 0 Å². The first-order chi connectivity index (χ1) is 7.58. The van der Waals surface area contributed by atoms with Crippen molar-refractivity contribution in [3.05, 3.63) is 46.4 Å².